The summed E-state index contributed by atoms with van der Waals surface area (Å²) in [6.07, 6.45) is 0. The van der Waals surface area contributed by atoms with Crippen LogP contribution in [0.4, 0.5) is 5.69 Å². The predicted molar refractivity (Wildman–Crippen MR) is 66.9 cm³/mol. The minimum atomic E-state index is -0.477. The number of hydrogen-bond acceptors (Lipinski definition) is 3. The zero-order chi connectivity index (χ0) is 12.1. The molecule has 0 fully saturated rings. The summed E-state index contributed by atoms with van der Waals surface area (Å²) in [5.74, 6) is -0.477. The summed E-state index contributed by atoms with van der Waals surface area (Å²) in [5, 5.41) is 0.520. The summed E-state index contributed by atoms with van der Waals surface area (Å²) in [5.41, 5.74) is 12.0. The minimum absolute atomic E-state index is 0.414. The monoisotopic (exact) mass is 241 g/mol. The van der Waals surface area contributed by atoms with Crippen LogP contribution >= 0.6 is 11.6 Å². The maximum absolute atomic E-state index is 11.0. The molecule has 0 aliphatic heterocycles. The molecule has 4 nitrogen and oxygen atoms in total. The number of primary amides is 1. The van der Waals surface area contributed by atoms with E-state index in [9.17, 15) is 4.79 Å². The van der Waals surface area contributed by atoms with Crippen molar-refractivity contribution in [3.05, 3.63) is 28.8 Å². The Labute approximate surface area is 100 Å². The largest absolute Gasteiger partial charge is 0.369 e. The highest BCUT2D eigenvalue weighted by atomic mass is 35.5. The van der Waals surface area contributed by atoms with Gasteiger partial charge in [0.2, 0.25) is 5.91 Å². The van der Waals surface area contributed by atoms with E-state index in [1.54, 1.807) is 18.2 Å². The van der Waals surface area contributed by atoms with Gasteiger partial charge in [0, 0.05) is 25.2 Å². The van der Waals surface area contributed by atoms with Crippen LogP contribution in [0.3, 0.4) is 0 Å². The van der Waals surface area contributed by atoms with Crippen molar-refractivity contribution in [2.75, 3.05) is 24.5 Å². The van der Waals surface area contributed by atoms with Gasteiger partial charge in [-0.2, -0.15) is 0 Å². The van der Waals surface area contributed by atoms with E-state index >= 15 is 0 Å². The molecule has 0 saturated carbocycles. The number of benzene rings is 1. The molecule has 1 rings (SSSR count). The average molecular weight is 242 g/mol. The Morgan fingerprint density at radius 1 is 1.50 bits per heavy atom. The van der Waals surface area contributed by atoms with Crippen LogP contribution in [0.5, 0.6) is 0 Å². The Hall–Kier alpha value is -1.26. The van der Waals surface area contributed by atoms with Crippen LogP contribution in [-0.2, 0) is 0 Å². The summed E-state index contributed by atoms with van der Waals surface area (Å²) < 4.78 is 0. The summed E-state index contributed by atoms with van der Waals surface area (Å²) in [6.45, 7) is 4.12. The third-order valence-corrected chi connectivity index (χ3v) is 2.66. The highest BCUT2D eigenvalue weighted by molar-refractivity contribution is 6.33. The van der Waals surface area contributed by atoms with E-state index in [1.807, 2.05) is 11.8 Å². The number of nitrogens with zero attached hydrogens (tertiary/aromatic N) is 1. The highest BCUT2D eigenvalue weighted by Gasteiger charge is 2.10. The molecule has 0 aliphatic carbocycles. The normalized spacial score (nSPS) is 10.2. The number of hydrogen-bond donors (Lipinski definition) is 2. The van der Waals surface area contributed by atoms with E-state index in [2.05, 4.69) is 0 Å². The molecule has 0 radical (unpaired) electrons. The molecule has 4 N–H and O–H groups in total. The van der Waals surface area contributed by atoms with Crippen LogP contribution in [0, 0.1) is 0 Å². The number of carbonyl (C=O) groups is 1. The van der Waals surface area contributed by atoms with Gasteiger partial charge < -0.3 is 16.4 Å². The Morgan fingerprint density at radius 3 is 2.62 bits per heavy atom. The molecule has 0 atom stereocenters. The number of likely N-dealkylation sites (N-methyl/N-ethyl adjacent to an activating group) is 1. The first-order valence-corrected chi connectivity index (χ1v) is 5.52. The summed E-state index contributed by atoms with van der Waals surface area (Å²) in [6, 6.07) is 5.04. The van der Waals surface area contributed by atoms with Crippen LogP contribution < -0.4 is 16.4 Å². The Kier molecular flexibility index (Phi) is 4.58. The molecule has 16 heavy (non-hydrogen) atoms. The Morgan fingerprint density at radius 2 is 2.19 bits per heavy atom. The van der Waals surface area contributed by atoms with Gasteiger partial charge in [0.25, 0.3) is 0 Å². The molecule has 0 aromatic heterocycles. The van der Waals surface area contributed by atoms with Crippen LogP contribution in [0.1, 0.15) is 17.3 Å². The molecule has 88 valence electrons. The van der Waals surface area contributed by atoms with Crippen LogP contribution in [0.15, 0.2) is 18.2 Å². The summed E-state index contributed by atoms with van der Waals surface area (Å²) in [7, 11) is 0. The van der Waals surface area contributed by atoms with Gasteiger partial charge in [0.05, 0.1) is 10.7 Å². The van der Waals surface area contributed by atoms with E-state index < -0.39 is 5.91 Å². The van der Waals surface area contributed by atoms with Crippen molar-refractivity contribution in [3.63, 3.8) is 0 Å². The van der Waals surface area contributed by atoms with Crippen molar-refractivity contribution in [1.82, 2.24) is 0 Å². The number of halogens is 1. The van der Waals surface area contributed by atoms with E-state index in [0.717, 1.165) is 18.8 Å². The lowest BCUT2D eigenvalue weighted by Gasteiger charge is -2.23. The van der Waals surface area contributed by atoms with Crippen molar-refractivity contribution in [2.24, 2.45) is 11.5 Å². The first kappa shape index (κ1) is 12.8. The van der Waals surface area contributed by atoms with Crippen molar-refractivity contribution in [2.45, 2.75) is 6.92 Å². The fourth-order valence-electron chi connectivity index (χ4n) is 1.52. The van der Waals surface area contributed by atoms with Crippen molar-refractivity contribution in [3.8, 4) is 0 Å². The van der Waals surface area contributed by atoms with Gasteiger partial charge >= 0.3 is 0 Å². The van der Waals surface area contributed by atoms with Crippen molar-refractivity contribution in [1.29, 1.82) is 0 Å². The molecular weight excluding hydrogens is 226 g/mol. The van der Waals surface area contributed by atoms with Crippen molar-refractivity contribution < 1.29 is 4.79 Å². The molecule has 0 aliphatic rings. The highest BCUT2D eigenvalue weighted by Crippen LogP contribution is 2.26. The molecule has 0 bridgehead atoms. The fourth-order valence-corrected chi connectivity index (χ4v) is 1.82. The maximum atomic E-state index is 11.0. The number of rotatable bonds is 5. The molecule has 1 aromatic carbocycles. The topological polar surface area (TPSA) is 72.3 Å². The lowest BCUT2D eigenvalue weighted by molar-refractivity contribution is 0.100. The van der Waals surface area contributed by atoms with Gasteiger partial charge in [-0.05, 0) is 25.1 Å². The zero-order valence-electron chi connectivity index (χ0n) is 9.24. The minimum Gasteiger partial charge on any atom is -0.369 e. The van der Waals surface area contributed by atoms with Gasteiger partial charge in [0.1, 0.15) is 0 Å². The first-order chi connectivity index (χ1) is 7.60. The zero-order valence-corrected chi connectivity index (χ0v) is 10.00. The molecule has 0 saturated heterocycles. The smallest absolute Gasteiger partial charge is 0.248 e. The van der Waals surface area contributed by atoms with E-state index in [4.69, 9.17) is 23.1 Å². The number of amides is 1. The molecule has 0 unspecified atom stereocenters. The SMILES string of the molecule is CCN(CCN)c1ccc(C(N)=O)cc1Cl. The third kappa shape index (κ3) is 2.87. The first-order valence-electron chi connectivity index (χ1n) is 5.14. The quantitative estimate of drug-likeness (QED) is 0.814. The van der Waals surface area contributed by atoms with Gasteiger partial charge in [-0.15, -0.1) is 0 Å². The fraction of sp³-hybridized carbons (Fsp3) is 0.364. The Balaban J connectivity index is 3.01. The lowest BCUT2D eigenvalue weighted by Crippen LogP contribution is -2.29. The summed E-state index contributed by atoms with van der Waals surface area (Å²) >= 11 is 6.09. The molecule has 5 heteroatoms. The molecular formula is C11H16ClN3O. The lowest BCUT2D eigenvalue weighted by atomic mass is 10.2. The average Bonchev–Trinajstić information content (AvgIpc) is 2.26. The Bertz CT molecular complexity index is 381. The van der Waals surface area contributed by atoms with Crippen LogP contribution in [0.25, 0.3) is 0 Å². The second-order valence-corrected chi connectivity index (χ2v) is 3.81. The van der Waals surface area contributed by atoms with Crippen molar-refractivity contribution >= 4 is 23.2 Å². The van der Waals surface area contributed by atoms with E-state index in [-0.39, 0.29) is 0 Å². The predicted octanol–water partition coefficient (Wildman–Crippen LogP) is 1.22. The van der Waals surface area contributed by atoms with Gasteiger partial charge in [-0.3, -0.25) is 4.79 Å². The standard InChI is InChI=1S/C11H16ClN3O/c1-2-15(6-5-13)10-4-3-8(11(14)16)7-9(10)12/h3-4,7H,2,5-6,13H2,1H3,(H2,14,16). The number of nitrogens with two attached hydrogens (primary N) is 2. The second kappa shape index (κ2) is 5.72. The molecule has 1 amide bonds. The van der Waals surface area contributed by atoms with E-state index in [0.29, 0.717) is 17.1 Å². The summed E-state index contributed by atoms with van der Waals surface area (Å²) in [4.78, 5) is 13.0. The number of carbonyl (C=O) groups excluding carboxylic acids is 1. The van der Waals surface area contributed by atoms with Gasteiger partial charge in [-0.25, -0.2) is 0 Å². The van der Waals surface area contributed by atoms with E-state index in [1.165, 1.54) is 0 Å². The number of anilines is 1. The van der Waals surface area contributed by atoms with Crippen LogP contribution in [0.2, 0.25) is 5.02 Å². The molecule has 0 heterocycles. The second-order valence-electron chi connectivity index (χ2n) is 3.40. The van der Waals surface area contributed by atoms with Gasteiger partial charge in [0.15, 0.2) is 0 Å². The van der Waals surface area contributed by atoms with Gasteiger partial charge in [-0.1, -0.05) is 11.6 Å². The van der Waals surface area contributed by atoms with Crippen LogP contribution in [-0.4, -0.2) is 25.5 Å². The molecule has 1 aromatic rings. The third-order valence-electron chi connectivity index (χ3n) is 2.35. The maximum Gasteiger partial charge on any atom is 0.248 e. The molecule has 0 spiro atoms.